The molecule has 1 aromatic heterocycles. The molecule has 0 unspecified atom stereocenters. The maximum Gasteiger partial charge on any atom is 0.180 e. The van der Waals surface area contributed by atoms with Crippen molar-refractivity contribution in [1.29, 1.82) is 0 Å². The highest BCUT2D eigenvalue weighted by Crippen LogP contribution is 2.12. The van der Waals surface area contributed by atoms with Gasteiger partial charge < -0.3 is 0 Å². The zero-order valence-electron chi connectivity index (χ0n) is 7.98. The summed E-state index contributed by atoms with van der Waals surface area (Å²) >= 11 is 0.979. The summed E-state index contributed by atoms with van der Waals surface area (Å²) in [5.41, 5.74) is 0.428. The van der Waals surface area contributed by atoms with E-state index in [0.29, 0.717) is 10.4 Å². The average Bonchev–Trinajstić information content (AvgIpc) is 2.77. The standard InChI is InChI=1S/C10H6F2N2OS/c11-7-2-1-6(3-8(7)12)4-9(15)10-5-13-14-16-10/h1-3,5H,4H2. The molecule has 0 radical (unpaired) electrons. The number of rotatable bonds is 3. The predicted octanol–water partition coefficient (Wildman–Crippen LogP) is 2.24. The van der Waals surface area contributed by atoms with E-state index in [4.69, 9.17) is 0 Å². The zero-order valence-corrected chi connectivity index (χ0v) is 8.80. The molecule has 3 nitrogen and oxygen atoms in total. The van der Waals surface area contributed by atoms with Gasteiger partial charge in [0.1, 0.15) is 4.88 Å². The van der Waals surface area contributed by atoms with Crippen molar-refractivity contribution >= 4 is 17.3 Å². The molecular formula is C10H6F2N2OS. The Morgan fingerprint density at radius 2 is 2.12 bits per heavy atom. The van der Waals surface area contributed by atoms with Gasteiger partial charge in [0.05, 0.1) is 6.20 Å². The molecule has 6 heteroatoms. The minimum Gasteiger partial charge on any atom is -0.293 e. The van der Waals surface area contributed by atoms with Crippen molar-refractivity contribution in [3.05, 3.63) is 46.5 Å². The first kappa shape index (κ1) is 10.8. The van der Waals surface area contributed by atoms with Gasteiger partial charge in [-0.2, -0.15) is 0 Å². The molecule has 0 bridgehead atoms. The van der Waals surface area contributed by atoms with Gasteiger partial charge in [0, 0.05) is 6.42 Å². The van der Waals surface area contributed by atoms with Crippen LogP contribution < -0.4 is 0 Å². The number of hydrogen-bond acceptors (Lipinski definition) is 4. The Bertz CT molecular complexity index is 514. The number of benzene rings is 1. The van der Waals surface area contributed by atoms with Crippen LogP contribution in [0.25, 0.3) is 0 Å². The summed E-state index contributed by atoms with van der Waals surface area (Å²) in [6, 6.07) is 3.40. The average molecular weight is 240 g/mol. The maximum absolute atomic E-state index is 12.9. The van der Waals surface area contributed by atoms with E-state index < -0.39 is 11.6 Å². The van der Waals surface area contributed by atoms with Crippen LogP contribution in [0.15, 0.2) is 24.4 Å². The number of carbonyl (C=O) groups excluding carboxylic acids is 1. The van der Waals surface area contributed by atoms with Gasteiger partial charge in [-0.3, -0.25) is 4.79 Å². The van der Waals surface area contributed by atoms with Crippen LogP contribution >= 0.6 is 11.5 Å². The van der Waals surface area contributed by atoms with E-state index in [1.54, 1.807) is 0 Å². The van der Waals surface area contributed by atoms with E-state index >= 15 is 0 Å². The van der Waals surface area contributed by atoms with Gasteiger partial charge >= 0.3 is 0 Å². The van der Waals surface area contributed by atoms with Crippen molar-refractivity contribution in [2.24, 2.45) is 0 Å². The highest BCUT2D eigenvalue weighted by Gasteiger charge is 2.11. The molecular weight excluding hydrogens is 234 g/mol. The summed E-state index contributed by atoms with van der Waals surface area (Å²) in [5.74, 6) is -2.08. The van der Waals surface area contributed by atoms with Gasteiger partial charge in [-0.15, -0.1) is 5.10 Å². The fourth-order valence-corrected chi connectivity index (χ4v) is 1.66. The van der Waals surface area contributed by atoms with Crippen molar-refractivity contribution < 1.29 is 13.6 Å². The first-order valence-electron chi connectivity index (χ1n) is 4.41. The Morgan fingerprint density at radius 3 is 2.75 bits per heavy atom. The zero-order chi connectivity index (χ0) is 11.5. The van der Waals surface area contributed by atoms with Crippen molar-refractivity contribution in [2.45, 2.75) is 6.42 Å². The molecule has 0 spiro atoms. The summed E-state index contributed by atoms with van der Waals surface area (Å²) in [6.07, 6.45) is 1.37. The third-order valence-corrected chi connectivity index (χ3v) is 2.69. The third-order valence-electron chi connectivity index (χ3n) is 1.98. The van der Waals surface area contributed by atoms with Crippen LogP contribution in [0, 0.1) is 11.6 Å². The van der Waals surface area contributed by atoms with Gasteiger partial charge in [-0.25, -0.2) is 8.78 Å². The molecule has 1 aromatic carbocycles. The van der Waals surface area contributed by atoms with Crippen LogP contribution in [0.2, 0.25) is 0 Å². The van der Waals surface area contributed by atoms with Crippen LogP contribution in [0.4, 0.5) is 8.78 Å². The van der Waals surface area contributed by atoms with Crippen LogP contribution in [-0.4, -0.2) is 15.4 Å². The fourth-order valence-electron chi connectivity index (χ4n) is 1.21. The predicted molar refractivity (Wildman–Crippen MR) is 54.3 cm³/mol. The lowest BCUT2D eigenvalue weighted by Crippen LogP contribution is -2.02. The number of halogens is 2. The number of hydrogen-bond donors (Lipinski definition) is 0. The van der Waals surface area contributed by atoms with Gasteiger partial charge in [0.25, 0.3) is 0 Å². The van der Waals surface area contributed by atoms with Crippen LogP contribution in [-0.2, 0) is 6.42 Å². The molecule has 0 saturated heterocycles. The Balaban J connectivity index is 2.15. The second-order valence-electron chi connectivity index (χ2n) is 3.13. The number of nitrogens with zero attached hydrogens (tertiary/aromatic N) is 2. The summed E-state index contributed by atoms with van der Waals surface area (Å²) in [6.45, 7) is 0. The Morgan fingerprint density at radius 1 is 1.31 bits per heavy atom. The lowest BCUT2D eigenvalue weighted by molar-refractivity contribution is 0.0996. The number of aromatic nitrogens is 2. The normalized spacial score (nSPS) is 10.4. The van der Waals surface area contributed by atoms with Gasteiger partial charge in [0.2, 0.25) is 0 Å². The molecule has 82 valence electrons. The van der Waals surface area contributed by atoms with Crippen molar-refractivity contribution in [3.63, 3.8) is 0 Å². The van der Waals surface area contributed by atoms with E-state index in [-0.39, 0.29) is 12.2 Å². The summed E-state index contributed by atoms with van der Waals surface area (Å²) in [7, 11) is 0. The molecule has 0 aliphatic carbocycles. The van der Waals surface area contributed by atoms with Gasteiger partial charge in [-0.1, -0.05) is 10.6 Å². The minimum absolute atomic E-state index is 0.0150. The van der Waals surface area contributed by atoms with Crippen molar-refractivity contribution in [2.75, 3.05) is 0 Å². The van der Waals surface area contributed by atoms with Crippen molar-refractivity contribution in [1.82, 2.24) is 9.59 Å². The van der Waals surface area contributed by atoms with Crippen LogP contribution in [0.1, 0.15) is 15.2 Å². The smallest absolute Gasteiger partial charge is 0.180 e. The molecule has 16 heavy (non-hydrogen) atoms. The minimum atomic E-state index is -0.951. The summed E-state index contributed by atoms with van der Waals surface area (Å²) < 4.78 is 29.0. The number of ketones is 1. The Hall–Kier alpha value is -1.69. The molecule has 0 amide bonds. The van der Waals surface area contributed by atoms with Gasteiger partial charge in [0.15, 0.2) is 17.4 Å². The van der Waals surface area contributed by atoms with E-state index in [9.17, 15) is 13.6 Å². The molecule has 0 aliphatic heterocycles. The molecule has 0 N–H and O–H groups in total. The molecule has 0 fully saturated rings. The molecule has 0 atom stereocenters. The fraction of sp³-hybridized carbons (Fsp3) is 0.100. The summed E-state index contributed by atoms with van der Waals surface area (Å²) in [4.78, 5) is 12.0. The molecule has 2 aromatic rings. The maximum atomic E-state index is 12.9. The molecule has 2 rings (SSSR count). The summed E-state index contributed by atoms with van der Waals surface area (Å²) in [5, 5.41) is 3.53. The Labute approximate surface area is 93.9 Å². The van der Waals surface area contributed by atoms with E-state index in [1.165, 1.54) is 12.3 Å². The topological polar surface area (TPSA) is 42.9 Å². The lowest BCUT2D eigenvalue weighted by atomic mass is 10.1. The van der Waals surface area contributed by atoms with Gasteiger partial charge in [-0.05, 0) is 29.2 Å². The van der Waals surface area contributed by atoms with E-state index in [1.807, 2.05) is 0 Å². The second kappa shape index (κ2) is 4.44. The highest BCUT2D eigenvalue weighted by atomic mass is 32.1. The first-order chi connectivity index (χ1) is 7.66. The second-order valence-corrected chi connectivity index (χ2v) is 3.92. The Kier molecular flexibility index (Phi) is 3.00. The third kappa shape index (κ3) is 2.27. The number of carbonyl (C=O) groups is 1. The largest absolute Gasteiger partial charge is 0.293 e. The lowest BCUT2D eigenvalue weighted by Gasteiger charge is -1.99. The molecule has 0 aliphatic rings. The number of Topliss-reactive ketones (excluding diaryl/α,β-unsaturated/α-hetero) is 1. The van der Waals surface area contributed by atoms with E-state index in [2.05, 4.69) is 9.59 Å². The quantitative estimate of drug-likeness (QED) is 0.773. The van der Waals surface area contributed by atoms with E-state index in [0.717, 1.165) is 23.7 Å². The highest BCUT2D eigenvalue weighted by molar-refractivity contribution is 7.07. The monoisotopic (exact) mass is 240 g/mol. The molecule has 1 heterocycles. The molecule has 0 saturated carbocycles. The SMILES string of the molecule is O=C(Cc1ccc(F)c(F)c1)c1cnns1. The van der Waals surface area contributed by atoms with Crippen molar-refractivity contribution in [3.8, 4) is 0 Å². The van der Waals surface area contributed by atoms with Crippen LogP contribution in [0.5, 0.6) is 0 Å². The van der Waals surface area contributed by atoms with Crippen LogP contribution in [0.3, 0.4) is 0 Å². The first-order valence-corrected chi connectivity index (χ1v) is 5.18.